The minimum absolute atomic E-state index is 0.0307. The van der Waals surface area contributed by atoms with Crippen molar-refractivity contribution in [2.45, 2.75) is 13.0 Å². The number of piperazine rings is 1. The Kier molecular flexibility index (Phi) is 6.44. The molecule has 1 N–H and O–H groups in total. The van der Waals surface area contributed by atoms with E-state index in [2.05, 4.69) is 9.88 Å². The van der Waals surface area contributed by atoms with Crippen LogP contribution in [0.1, 0.15) is 11.4 Å². The van der Waals surface area contributed by atoms with Crippen LogP contribution in [0.2, 0.25) is 0 Å². The quantitative estimate of drug-likeness (QED) is 0.438. The monoisotopic (exact) mass is 498 g/mol. The van der Waals surface area contributed by atoms with Gasteiger partial charge in [0.15, 0.2) is 11.6 Å². The molecule has 0 bridgehead atoms. The van der Waals surface area contributed by atoms with E-state index in [1.165, 1.54) is 30.6 Å². The van der Waals surface area contributed by atoms with Crippen molar-refractivity contribution < 1.29 is 13.9 Å². The molecule has 0 radical (unpaired) electrons. The maximum atomic E-state index is 13.9. The van der Waals surface area contributed by atoms with Crippen molar-refractivity contribution in [1.82, 2.24) is 19.8 Å². The SMILES string of the molecule is COc1ccc(CC(=O)N2CCN(Cc3nc4scc(-c5cccs5)c4c(=O)[nH]3)CC2)cc1F. The largest absolute Gasteiger partial charge is 0.494 e. The molecule has 10 heteroatoms. The minimum atomic E-state index is -0.468. The lowest BCUT2D eigenvalue weighted by Gasteiger charge is -2.34. The lowest BCUT2D eigenvalue weighted by atomic mass is 10.1. The average Bonchev–Trinajstić information content (AvgIpc) is 3.50. The van der Waals surface area contributed by atoms with Gasteiger partial charge in [0.1, 0.15) is 10.7 Å². The number of rotatable bonds is 6. The number of methoxy groups -OCH3 is 1. The Hall–Kier alpha value is -3.08. The van der Waals surface area contributed by atoms with Gasteiger partial charge in [-0.15, -0.1) is 22.7 Å². The number of amides is 1. The Bertz CT molecular complexity index is 1370. The molecule has 1 amide bonds. The predicted octanol–water partition coefficient (Wildman–Crippen LogP) is 3.75. The third kappa shape index (κ3) is 4.61. The van der Waals surface area contributed by atoms with Crippen LogP contribution in [-0.2, 0) is 17.8 Å². The summed E-state index contributed by atoms with van der Waals surface area (Å²) in [5.74, 6) is 0.298. The lowest BCUT2D eigenvalue weighted by molar-refractivity contribution is -0.132. The summed E-state index contributed by atoms with van der Waals surface area (Å²) in [7, 11) is 1.41. The van der Waals surface area contributed by atoms with Crippen LogP contribution in [0.5, 0.6) is 5.75 Å². The molecule has 1 aliphatic heterocycles. The molecule has 7 nitrogen and oxygen atoms in total. The van der Waals surface area contributed by atoms with Crippen molar-refractivity contribution >= 4 is 38.8 Å². The highest BCUT2D eigenvalue weighted by Crippen LogP contribution is 2.33. The van der Waals surface area contributed by atoms with Crippen LogP contribution in [0.25, 0.3) is 20.7 Å². The van der Waals surface area contributed by atoms with Gasteiger partial charge in [-0.2, -0.15) is 0 Å². The number of hydrogen-bond acceptors (Lipinski definition) is 7. The predicted molar refractivity (Wildman–Crippen MR) is 132 cm³/mol. The molecule has 4 heterocycles. The second-order valence-electron chi connectivity index (χ2n) is 8.12. The molecule has 0 spiro atoms. The molecule has 5 rings (SSSR count). The highest BCUT2D eigenvalue weighted by molar-refractivity contribution is 7.18. The van der Waals surface area contributed by atoms with E-state index in [1.54, 1.807) is 22.3 Å². The van der Waals surface area contributed by atoms with Crippen molar-refractivity contribution in [1.29, 1.82) is 0 Å². The third-order valence-electron chi connectivity index (χ3n) is 5.95. The first-order chi connectivity index (χ1) is 16.5. The number of carbonyl (C=O) groups excluding carboxylic acids is 1. The van der Waals surface area contributed by atoms with Gasteiger partial charge >= 0.3 is 0 Å². The summed E-state index contributed by atoms with van der Waals surface area (Å²) in [6, 6.07) is 8.57. The van der Waals surface area contributed by atoms with Crippen LogP contribution < -0.4 is 10.3 Å². The number of hydrogen-bond donors (Lipinski definition) is 1. The van der Waals surface area contributed by atoms with Crippen LogP contribution in [0.15, 0.2) is 45.9 Å². The number of carbonyl (C=O) groups is 1. The molecule has 0 atom stereocenters. The van der Waals surface area contributed by atoms with E-state index in [0.29, 0.717) is 49.5 Å². The number of nitrogens with zero attached hydrogens (tertiary/aromatic N) is 3. The van der Waals surface area contributed by atoms with Gasteiger partial charge in [0.2, 0.25) is 5.91 Å². The zero-order valence-electron chi connectivity index (χ0n) is 18.5. The van der Waals surface area contributed by atoms with E-state index in [-0.39, 0.29) is 23.6 Å². The van der Waals surface area contributed by atoms with Gasteiger partial charge in [0.05, 0.1) is 25.5 Å². The van der Waals surface area contributed by atoms with Crippen LogP contribution in [-0.4, -0.2) is 59.0 Å². The molecule has 34 heavy (non-hydrogen) atoms. The van der Waals surface area contributed by atoms with Crippen molar-refractivity contribution in [3.63, 3.8) is 0 Å². The van der Waals surface area contributed by atoms with Crippen LogP contribution in [0.3, 0.4) is 0 Å². The zero-order valence-corrected chi connectivity index (χ0v) is 20.2. The summed E-state index contributed by atoms with van der Waals surface area (Å²) < 4.78 is 18.8. The summed E-state index contributed by atoms with van der Waals surface area (Å²) in [4.78, 5) is 38.9. The van der Waals surface area contributed by atoms with Gasteiger partial charge in [-0.1, -0.05) is 12.1 Å². The molecular formula is C24H23FN4O3S2. The van der Waals surface area contributed by atoms with E-state index in [1.807, 2.05) is 22.9 Å². The standard InChI is InChI=1S/C24H23FN4O3S2/c1-32-18-5-4-15(11-17(18)25)12-21(30)29-8-6-28(7-9-29)13-20-26-23(31)22-16(14-34-24(22)27-20)19-3-2-10-33-19/h2-5,10-11,14H,6-9,12-13H2,1H3,(H,26,27,31). The molecule has 4 aromatic rings. The zero-order chi connectivity index (χ0) is 23.7. The van der Waals surface area contributed by atoms with Crippen molar-refractivity contribution in [3.8, 4) is 16.2 Å². The number of nitrogens with one attached hydrogen (secondary N) is 1. The maximum absolute atomic E-state index is 13.9. The van der Waals surface area contributed by atoms with Gasteiger partial charge in [0.25, 0.3) is 5.56 Å². The van der Waals surface area contributed by atoms with Crippen molar-refractivity contribution in [3.05, 3.63) is 68.7 Å². The topological polar surface area (TPSA) is 78.5 Å². The van der Waals surface area contributed by atoms with E-state index in [0.717, 1.165) is 15.3 Å². The van der Waals surface area contributed by atoms with E-state index >= 15 is 0 Å². The molecule has 1 fully saturated rings. The lowest BCUT2D eigenvalue weighted by Crippen LogP contribution is -2.49. The molecule has 0 aliphatic carbocycles. The first kappa shape index (κ1) is 22.7. The molecule has 0 unspecified atom stereocenters. The summed E-state index contributed by atoms with van der Waals surface area (Å²) in [5, 5.41) is 4.62. The van der Waals surface area contributed by atoms with Crippen LogP contribution in [0, 0.1) is 5.82 Å². The molecular weight excluding hydrogens is 475 g/mol. The Morgan fingerprint density at radius 1 is 1.21 bits per heavy atom. The van der Waals surface area contributed by atoms with E-state index in [4.69, 9.17) is 9.72 Å². The summed E-state index contributed by atoms with van der Waals surface area (Å²) >= 11 is 3.08. The molecule has 176 valence electrons. The van der Waals surface area contributed by atoms with Gasteiger partial charge in [-0.25, -0.2) is 9.37 Å². The average molecular weight is 499 g/mol. The fraction of sp³-hybridized carbons (Fsp3) is 0.292. The van der Waals surface area contributed by atoms with Gasteiger partial charge < -0.3 is 14.6 Å². The molecule has 1 aliphatic rings. The number of benzene rings is 1. The molecule has 3 aromatic heterocycles. The first-order valence-electron chi connectivity index (χ1n) is 10.9. The maximum Gasteiger partial charge on any atom is 0.260 e. The summed E-state index contributed by atoms with van der Waals surface area (Å²) in [5.41, 5.74) is 1.43. The van der Waals surface area contributed by atoms with Gasteiger partial charge in [-0.3, -0.25) is 14.5 Å². The Labute approximate surface area is 203 Å². The molecule has 1 aromatic carbocycles. The van der Waals surface area contributed by atoms with Crippen LogP contribution in [0.4, 0.5) is 4.39 Å². The number of fused-ring (bicyclic) bond motifs is 1. The summed E-state index contributed by atoms with van der Waals surface area (Å²) in [6.45, 7) is 3.02. The van der Waals surface area contributed by atoms with E-state index < -0.39 is 5.82 Å². The highest BCUT2D eigenvalue weighted by Gasteiger charge is 2.23. The first-order valence-corrected chi connectivity index (χ1v) is 12.6. The van der Waals surface area contributed by atoms with E-state index in [9.17, 15) is 14.0 Å². The number of aromatic nitrogens is 2. The van der Waals surface area contributed by atoms with Crippen molar-refractivity contribution in [2.24, 2.45) is 0 Å². The smallest absolute Gasteiger partial charge is 0.260 e. The number of H-pyrrole nitrogens is 1. The van der Waals surface area contributed by atoms with Gasteiger partial charge in [0, 0.05) is 42.0 Å². The number of halogens is 1. The normalized spacial score (nSPS) is 14.6. The number of aromatic amines is 1. The second kappa shape index (κ2) is 9.65. The number of thiophene rings is 2. The highest BCUT2D eigenvalue weighted by atomic mass is 32.1. The number of ether oxygens (including phenoxy) is 1. The Morgan fingerprint density at radius 2 is 2.03 bits per heavy atom. The molecule has 0 saturated carbocycles. The van der Waals surface area contributed by atoms with Gasteiger partial charge in [-0.05, 0) is 29.1 Å². The van der Waals surface area contributed by atoms with Crippen LogP contribution >= 0.6 is 22.7 Å². The summed E-state index contributed by atoms with van der Waals surface area (Å²) in [6.07, 6.45) is 0.150. The minimum Gasteiger partial charge on any atom is -0.494 e. The second-order valence-corrected chi connectivity index (χ2v) is 9.93. The third-order valence-corrected chi connectivity index (χ3v) is 7.72. The fourth-order valence-corrected chi connectivity index (χ4v) is 5.94. The van der Waals surface area contributed by atoms with Crippen molar-refractivity contribution in [2.75, 3.05) is 33.3 Å². The Balaban J connectivity index is 1.20. The molecule has 1 saturated heterocycles. The Morgan fingerprint density at radius 3 is 2.74 bits per heavy atom. The fourth-order valence-electron chi connectivity index (χ4n) is 4.15.